The van der Waals surface area contributed by atoms with Crippen LogP contribution in [0.2, 0.25) is 0 Å². The fraction of sp³-hybridized carbons (Fsp3) is 0.214. The molecular weight excluding hydrogens is 250 g/mol. The van der Waals surface area contributed by atoms with E-state index < -0.39 is 17.7 Å². The maximum Gasteiger partial charge on any atom is 0.126 e. The van der Waals surface area contributed by atoms with Crippen molar-refractivity contribution in [1.82, 2.24) is 4.98 Å². The van der Waals surface area contributed by atoms with Crippen LogP contribution in [-0.2, 0) is 12.8 Å². The van der Waals surface area contributed by atoms with E-state index in [1.165, 1.54) is 12.1 Å². The minimum absolute atomic E-state index is 0.156. The average Bonchev–Trinajstić information content (AvgIpc) is 2.30. The van der Waals surface area contributed by atoms with Gasteiger partial charge in [0.1, 0.15) is 11.6 Å². The number of nitrogens with two attached hydrogens (primary N) is 1. The summed E-state index contributed by atoms with van der Waals surface area (Å²) in [5.41, 5.74) is 7.40. The standard InChI is InChI=1S/C14H14F2N2O/c15-11-3-9(4-12(16)7-11)5-13(19)6-10-8-18-2-1-14(10)17/h1-4,7-8,13,19H,5-6H2,(H2,17,18). The van der Waals surface area contributed by atoms with Crippen LogP contribution < -0.4 is 5.73 Å². The fourth-order valence-electron chi connectivity index (χ4n) is 1.94. The highest BCUT2D eigenvalue weighted by atomic mass is 19.1. The highest BCUT2D eigenvalue weighted by Crippen LogP contribution is 2.15. The highest BCUT2D eigenvalue weighted by Gasteiger charge is 2.11. The number of halogens is 2. The number of hydrogen-bond donors (Lipinski definition) is 2. The van der Waals surface area contributed by atoms with Crippen molar-refractivity contribution >= 4 is 5.69 Å². The van der Waals surface area contributed by atoms with E-state index in [2.05, 4.69) is 4.98 Å². The van der Waals surface area contributed by atoms with Crippen molar-refractivity contribution in [3.63, 3.8) is 0 Å². The lowest BCUT2D eigenvalue weighted by atomic mass is 10.0. The molecule has 0 fully saturated rings. The van der Waals surface area contributed by atoms with E-state index in [9.17, 15) is 13.9 Å². The molecule has 1 aromatic heterocycles. The van der Waals surface area contributed by atoms with E-state index in [1.807, 2.05) is 0 Å². The summed E-state index contributed by atoms with van der Waals surface area (Å²) in [6, 6.07) is 4.86. The Morgan fingerprint density at radius 3 is 2.47 bits per heavy atom. The predicted octanol–water partition coefficient (Wildman–Crippen LogP) is 2.09. The van der Waals surface area contributed by atoms with Gasteiger partial charge in [-0.15, -0.1) is 0 Å². The Hall–Kier alpha value is -2.01. The highest BCUT2D eigenvalue weighted by molar-refractivity contribution is 5.44. The topological polar surface area (TPSA) is 59.1 Å². The SMILES string of the molecule is Nc1ccncc1CC(O)Cc1cc(F)cc(F)c1. The zero-order valence-corrected chi connectivity index (χ0v) is 10.2. The maximum atomic E-state index is 13.0. The lowest BCUT2D eigenvalue weighted by molar-refractivity contribution is 0.175. The molecule has 5 heteroatoms. The number of aliphatic hydroxyl groups excluding tert-OH is 1. The van der Waals surface area contributed by atoms with Crippen molar-refractivity contribution in [2.45, 2.75) is 18.9 Å². The summed E-state index contributed by atoms with van der Waals surface area (Å²) in [4.78, 5) is 3.92. The second-order valence-electron chi connectivity index (χ2n) is 4.41. The van der Waals surface area contributed by atoms with Gasteiger partial charge in [0.05, 0.1) is 6.10 Å². The minimum atomic E-state index is -0.771. The van der Waals surface area contributed by atoms with Crippen LogP contribution in [0, 0.1) is 11.6 Å². The molecule has 100 valence electrons. The van der Waals surface area contributed by atoms with Gasteiger partial charge in [-0.1, -0.05) is 0 Å². The van der Waals surface area contributed by atoms with E-state index in [0.717, 1.165) is 6.07 Å². The van der Waals surface area contributed by atoms with E-state index in [-0.39, 0.29) is 12.8 Å². The van der Waals surface area contributed by atoms with Crippen LogP contribution in [0.1, 0.15) is 11.1 Å². The maximum absolute atomic E-state index is 13.0. The quantitative estimate of drug-likeness (QED) is 0.889. The van der Waals surface area contributed by atoms with Crippen LogP contribution in [0.25, 0.3) is 0 Å². The van der Waals surface area contributed by atoms with Gasteiger partial charge >= 0.3 is 0 Å². The second-order valence-corrected chi connectivity index (χ2v) is 4.41. The Balaban J connectivity index is 2.05. The summed E-state index contributed by atoms with van der Waals surface area (Å²) < 4.78 is 26.0. The zero-order valence-electron chi connectivity index (χ0n) is 10.2. The fourth-order valence-corrected chi connectivity index (χ4v) is 1.94. The molecule has 0 aliphatic rings. The zero-order chi connectivity index (χ0) is 13.8. The van der Waals surface area contributed by atoms with Crippen molar-refractivity contribution in [3.8, 4) is 0 Å². The number of anilines is 1. The van der Waals surface area contributed by atoms with Crippen LogP contribution in [0.5, 0.6) is 0 Å². The predicted molar refractivity (Wildman–Crippen MR) is 68.4 cm³/mol. The van der Waals surface area contributed by atoms with Crippen LogP contribution >= 0.6 is 0 Å². The molecular formula is C14H14F2N2O. The third kappa shape index (κ3) is 3.72. The van der Waals surface area contributed by atoms with Crippen LogP contribution in [0.3, 0.4) is 0 Å². The Bertz CT molecular complexity index is 555. The Morgan fingerprint density at radius 2 is 1.84 bits per heavy atom. The summed E-state index contributed by atoms with van der Waals surface area (Å²) in [5.74, 6) is -1.30. The van der Waals surface area contributed by atoms with Gasteiger partial charge in [0.2, 0.25) is 0 Å². The van der Waals surface area contributed by atoms with Gasteiger partial charge in [-0.25, -0.2) is 8.78 Å². The number of nitrogens with zero attached hydrogens (tertiary/aromatic N) is 1. The van der Waals surface area contributed by atoms with Gasteiger partial charge in [-0.2, -0.15) is 0 Å². The summed E-state index contributed by atoms with van der Waals surface area (Å²) in [5, 5.41) is 9.93. The van der Waals surface area contributed by atoms with Gasteiger partial charge in [-0.05, 0) is 35.7 Å². The second kappa shape index (κ2) is 5.75. The first-order valence-corrected chi connectivity index (χ1v) is 5.86. The third-order valence-electron chi connectivity index (χ3n) is 2.79. The van der Waals surface area contributed by atoms with Crippen molar-refractivity contribution in [1.29, 1.82) is 0 Å². The molecule has 19 heavy (non-hydrogen) atoms. The molecule has 0 radical (unpaired) electrons. The normalized spacial score (nSPS) is 12.4. The van der Waals surface area contributed by atoms with Crippen LogP contribution in [-0.4, -0.2) is 16.2 Å². The first-order valence-electron chi connectivity index (χ1n) is 5.86. The first kappa shape index (κ1) is 13.4. The molecule has 3 N–H and O–H groups in total. The van der Waals surface area contributed by atoms with E-state index in [4.69, 9.17) is 5.73 Å². The lowest BCUT2D eigenvalue weighted by Gasteiger charge is -2.12. The largest absolute Gasteiger partial charge is 0.398 e. The summed E-state index contributed by atoms with van der Waals surface area (Å²) in [6.07, 6.45) is 2.81. The van der Waals surface area contributed by atoms with Gasteiger partial charge in [-0.3, -0.25) is 4.98 Å². The molecule has 1 atom stereocenters. The van der Waals surface area contributed by atoms with Gasteiger partial charge in [0.25, 0.3) is 0 Å². The van der Waals surface area contributed by atoms with Crippen molar-refractivity contribution < 1.29 is 13.9 Å². The van der Waals surface area contributed by atoms with Crippen molar-refractivity contribution in [2.75, 3.05) is 5.73 Å². The minimum Gasteiger partial charge on any atom is -0.398 e. The van der Waals surface area contributed by atoms with Crippen LogP contribution in [0.15, 0.2) is 36.7 Å². The van der Waals surface area contributed by atoms with Crippen molar-refractivity contribution in [2.24, 2.45) is 0 Å². The van der Waals surface area contributed by atoms with Crippen LogP contribution in [0.4, 0.5) is 14.5 Å². The molecule has 2 rings (SSSR count). The molecule has 3 nitrogen and oxygen atoms in total. The third-order valence-corrected chi connectivity index (χ3v) is 2.79. The molecule has 1 aromatic carbocycles. The number of rotatable bonds is 4. The summed E-state index contributed by atoms with van der Waals surface area (Å²) in [7, 11) is 0. The number of benzene rings is 1. The number of pyridine rings is 1. The molecule has 0 bridgehead atoms. The van der Waals surface area contributed by atoms with E-state index in [1.54, 1.807) is 18.5 Å². The van der Waals surface area contributed by atoms with Gasteiger partial charge in [0, 0.05) is 30.6 Å². The number of aliphatic hydroxyl groups is 1. The van der Waals surface area contributed by atoms with Gasteiger partial charge in [0.15, 0.2) is 0 Å². The van der Waals surface area contributed by atoms with E-state index >= 15 is 0 Å². The molecule has 0 aliphatic heterocycles. The number of aromatic nitrogens is 1. The smallest absolute Gasteiger partial charge is 0.126 e. The number of hydrogen-bond acceptors (Lipinski definition) is 3. The molecule has 1 unspecified atom stereocenters. The monoisotopic (exact) mass is 264 g/mol. The molecule has 0 saturated heterocycles. The Labute approximate surface area is 109 Å². The average molecular weight is 264 g/mol. The molecule has 0 amide bonds. The number of nitrogen functional groups attached to an aromatic ring is 1. The lowest BCUT2D eigenvalue weighted by Crippen LogP contribution is -2.15. The molecule has 2 aromatic rings. The van der Waals surface area contributed by atoms with Gasteiger partial charge < -0.3 is 10.8 Å². The summed E-state index contributed by atoms with van der Waals surface area (Å²) >= 11 is 0. The molecule has 0 saturated carbocycles. The molecule has 0 spiro atoms. The Kier molecular flexibility index (Phi) is 4.06. The van der Waals surface area contributed by atoms with E-state index in [0.29, 0.717) is 16.8 Å². The Morgan fingerprint density at radius 1 is 1.16 bits per heavy atom. The summed E-state index contributed by atoms with van der Waals surface area (Å²) in [6.45, 7) is 0. The molecule has 0 aliphatic carbocycles. The first-order chi connectivity index (χ1) is 9.04. The molecule has 1 heterocycles. The van der Waals surface area contributed by atoms with Crippen molar-refractivity contribution in [3.05, 3.63) is 59.4 Å².